The highest BCUT2D eigenvalue weighted by Crippen LogP contribution is 2.69. The Kier molecular flexibility index (Phi) is 11.7. The number of fused-ring (bicyclic) bond motifs is 4. The number of carbonyl (C=O) groups is 3. The van der Waals surface area contributed by atoms with Crippen LogP contribution in [0.5, 0.6) is 0 Å². The van der Waals surface area contributed by atoms with Crippen molar-refractivity contribution in [3.05, 3.63) is 0 Å². The molecule has 0 amide bonds. The molecule has 324 valence electrons. The standard InChI is InChI=1S/C31H38F12O11S2/c1-22(8-18-4-2-6-23(9-18,13-22)12-20(45)53-26(28(32,33)34,29(35,36)37)16-55(47,48)49)25(15-44)11-19-5-3-7-24(10-19,14-25)21(46)54-27(30(38,39)40,31(41,42)43)17-56(50,51)52/h15,18-19H,2-14,16-17H2,1H3,(H,47,48,49)(H,50,51,52). The Labute approximate surface area is 312 Å². The minimum Gasteiger partial charge on any atom is -0.438 e. The van der Waals surface area contributed by atoms with E-state index < -0.39 is 139 Å². The molecule has 0 aromatic rings. The Balaban J connectivity index is 1.76. The van der Waals surface area contributed by atoms with Crippen LogP contribution < -0.4 is 0 Å². The lowest BCUT2D eigenvalue weighted by Gasteiger charge is -2.62. The fourth-order valence-corrected chi connectivity index (χ4v) is 12.1. The van der Waals surface area contributed by atoms with Gasteiger partial charge in [0.1, 0.15) is 17.8 Å². The Hall–Kier alpha value is -2.41. The molecule has 4 aliphatic carbocycles. The monoisotopic (exact) mass is 878 g/mol. The second kappa shape index (κ2) is 14.1. The summed E-state index contributed by atoms with van der Waals surface area (Å²) in [4.78, 5) is 40.3. The van der Waals surface area contributed by atoms with Crippen LogP contribution >= 0.6 is 0 Å². The van der Waals surface area contributed by atoms with Crippen molar-refractivity contribution in [3.8, 4) is 0 Å². The van der Waals surface area contributed by atoms with E-state index >= 15 is 0 Å². The molecule has 6 atom stereocenters. The summed E-state index contributed by atoms with van der Waals surface area (Å²) in [6.07, 6.45) is -28.8. The molecule has 0 spiro atoms. The quantitative estimate of drug-likeness (QED) is 0.0937. The highest BCUT2D eigenvalue weighted by Gasteiger charge is 2.78. The Bertz CT molecular complexity index is 1750. The summed E-state index contributed by atoms with van der Waals surface area (Å²) in [6.45, 7) is 1.43. The van der Waals surface area contributed by atoms with Gasteiger partial charge in [-0.2, -0.15) is 69.5 Å². The van der Waals surface area contributed by atoms with Gasteiger partial charge in [0, 0.05) is 5.41 Å². The van der Waals surface area contributed by atoms with Crippen molar-refractivity contribution < 1.29 is 102 Å². The number of ether oxygens (including phenoxy) is 2. The molecule has 0 aliphatic heterocycles. The van der Waals surface area contributed by atoms with Crippen molar-refractivity contribution in [3.63, 3.8) is 0 Å². The molecule has 0 aromatic heterocycles. The molecule has 6 unspecified atom stereocenters. The van der Waals surface area contributed by atoms with Gasteiger partial charge in [0.25, 0.3) is 20.2 Å². The molecular formula is C31H38F12O11S2. The van der Waals surface area contributed by atoms with Crippen LogP contribution in [0.25, 0.3) is 0 Å². The molecular weight excluding hydrogens is 840 g/mol. The molecule has 56 heavy (non-hydrogen) atoms. The van der Waals surface area contributed by atoms with Gasteiger partial charge in [0.15, 0.2) is 0 Å². The van der Waals surface area contributed by atoms with E-state index in [0.717, 1.165) is 0 Å². The summed E-state index contributed by atoms with van der Waals surface area (Å²) in [5.41, 5.74) is -18.6. The van der Waals surface area contributed by atoms with Crippen LogP contribution in [0.15, 0.2) is 0 Å². The van der Waals surface area contributed by atoms with Crippen LogP contribution in [0.2, 0.25) is 0 Å². The zero-order valence-corrected chi connectivity index (χ0v) is 30.9. The molecule has 4 saturated carbocycles. The van der Waals surface area contributed by atoms with E-state index in [1.165, 1.54) is 6.92 Å². The summed E-state index contributed by atoms with van der Waals surface area (Å²) < 4.78 is 241. The number of halogens is 12. The van der Waals surface area contributed by atoms with Crippen molar-refractivity contribution in [2.24, 2.45) is 33.5 Å². The maximum absolute atomic E-state index is 14.2. The van der Waals surface area contributed by atoms with Crippen molar-refractivity contribution in [1.29, 1.82) is 0 Å². The van der Waals surface area contributed by atoms with Crippen LogP contribution in [-0.2, 0) is 44.1 Å². The lowest BCUT2D eigenvalue weighted by molar-refractivity contribution is -0.364. The number of rotatable bonds is 11. The summed E-state index contributed by atoms with van der Waals surface area (Å²) in [5.74, 6) is -11.9. The van der Waals surface area contributed by atoms with E-state index in [9.17, 15) is 83.9 Å². The number of hydrogen-bond donors (Lipinski definition) is 2. The minimum absolute atomic E-state index is 0.0247. The summed E-state index contributed by atoms with van der Waals surface area (Å²) >= 11 is 0. The van der Waals surface area contributed by atoms with Crippen LogP contribution in [0, 0.1) is 33.5 Å². The zero-order valence-electron chi connectivity index (χ0n) is 29.3. The first-order chi connectivity index (χ1) is 24.9. The van der Waals surface area contributed by atoms with E-state index in [1.54, 1.807) is 0 Å². The zero-order chi connectivity index (χ0) is 43.0. The SMILES string of the molecule is CC1(C2(C=O)CC3CCCC(C(=O)OC(CS(=O)(=O)O)(C(F)(F)F)C(F)(F)F)(C3)C2)CC2CCCC(CC(=O)OC(CS(=O)(=O)O)(C(F)(F)F)C(F)(F)F)(C2)C1. The average molecular weight is 879 g/mol. The van der Waals surface area contributed by atoms with E-state index in [4.69, 9.17) is 9.11 Å². The smallest absolute Gasteiger partial charge is 0.438 e. The molecule has 0 radical (unpaired) electrons. The van der Waals surface area contributed by atoms with E-state index in [-0.39, 0.29) is 51.4 Å². The summed E-state index contributed by atoms with van der Waals surface area (Å²) in [7, 11) is -12.3. The van der Waals surface area contributed by atoms with Crippen LogP contribution in [0.4, 0.5) is 52.7 Å². The maximum Gasteiger partial charge on any atom is 0.438 e. The first kappa shape index (κ1) is 46.3. The molecule has 2 N–H and O–H groups in total. The van der Waals surface area contributed by atoms with Gasteiger partial charge in [0.05, 0.1) is 11.8 Å². The number of carbonyl (C=O) groups excluding carboxylic acids is 3. The number of esters is 2. The molecule has 4 rings (SSSR count). The molecule has 4 aliphatic rings. The summed E-state index contributed by atoms with van der Waals surface area (Å²) in [6, 6.07) is 0. The number of alkyl halides is 12. The van der Waals surface area contributed by atoms with Crippen molar-refractivity contribution in [2.75, 3.05) is 11.5 Å². The van der Waals surface area contributed by atoms with E-state index in [1.807, 2.05) is 0 Å². The third-order valence-corrected chi connectivity index (χ3v) is 13.9. The lowest BCUT2D eigenvalue weighted by Crippen LogP contribution is -2.65. The van der Waals surface area contributed by atoms with Gasteiger partial charge in [0.2, 0.25) is 0 Å². The number of hydrogen-bond acceptors (Lipinski definition) is 9. The van der Waals surface area contributed by atoms with Crippen LogP contribution in [0.1, 0.15) is 90.4 Å². The first-order valence-electron chi connectivity index (χ1n) is 17.0. The fraction of sp³-hybridized carbons (Fsp3) is 0.903. The summed E-state index contributed by atoms with van der Waals surface area (Å²) in [5, 5.41) is 0. The molecule has 25 heteroatoms. The van der Waals surface area contributed by atoms with Gasteiger partial charge in [-0.05, 0) is 74.0 Å². The molecule has 4 fully saturated rings. The number of aldehydes is 1. The van der Waals surface area contributed by atoms with Gasteiger partial charge >= 0.3 is 47.8 Å². The predicted octanol–water partition coefficient (Wildman–Crippen LogP) is 7.10. The molecule has 0 aromatic carbocycles. The first-order valence-corrected chi connectivity index (χ1v) is 20.2. The van der Waals surface area contributed by atoms with E-state index in [0.29, 0.717) is 12.7 Å². The highest BCUT2D eigenvalue weighted by molar-refractivity contribution is 7.86. The lowest BCUT2D eigenvalue weighted by atomic mass is 9.41. The Morgan fingerprint density at radius 2 is 1.12 bits per heavy atom. The van der Waals surface area contributed by atoms with Gasteiger partial charge < -0.3 is 14.3 Å². The minimum atomic E-state index is -6.65. The third-order valence-electron chi connectivity index (χ3n) is 12.3. The van der Waals surface area contributed by atoms with E-state index in [2.05, 4.69) is 9.47 Å². The molecule has 0 heterocycles. The van der Waals surface area contributed by atoms with Crippen molar-refractivity contribution in [1.82, 2.24) is 0 Å². The van der Waals surface area contributed by atoms with Gasteiger partial charge in [-0.25, -0.2) is 0 Å². The second-order valence-corrected chi connectivity index (χ2v) is 19.3. The Morgan fingerprint density at radius 3 is 1.57 bits per heavy atom. The van der Waals surface area contributed by atoms with Crippen LogP contribution in [0.3, 0.4) is 0 Å². The highest BCUT2D eigenvalue weighted by atomic mass is 32.2. The predicted molar refractivity (Wildman–Crippen MR) is 163 cm³/mol. The van der Waals surface area contributed by atoms with Crippen LogP contribution in [-0.4, -0.2) is 91.6 Å². The van der Waals surface area contributed by atoms with Crippen molar-refractivity contribution in [2.45, 2.75) is 126 Å². The normalized spacial score (nSPS) is 32.3. The largest absolute Gasteiger partial charge is 0.438 e. The average Bonchev–Trinajstić information content (AvgIpc) is 2.95. The Morgan fingerprint density at radius 1 is 0.679 bits per heavy atom. The van der Waals surface area contributed by atoms with Crippen molar-refractivity contribution >= 4 is 38.5 Å². The fourth-order valence-electron chi connectivity index (χ4n) is 10.3. The van der Waals surface area contributed by atoms with Gasteiger partial charge in [-0.15, -0.1) is 0 Å². The molecule has 11 nitrogen and oxygen atoms in total. The topological polar surface area (TPSA) is 178 Å². The third kappa shape index (κ3) is 8.51. The van der Waals surface area contributed by atoms with Gasteiger partial charge in [-0.1, -0.05) is 32.6 Å². The second-order valence-electron chi connectivity index (χ2n) is 16.4. The molecule has 4 bridgehead atoms. The van der Waals surface area contributed by atoms with Gasteiger partial charge in [-0.3, -0.25) is 18.7 Å². The molecule has 0 saturated heterocycles. The maximum atomic E-state index is 14.2.